The van der Waals surface area contributed by atoms with Crippen molar-refractivity contribution < 1.29 is 18.4 Å². The maximum absolute atomic E-state index is 14.2. The van der Waals surface area contributed by atoms with Gasteiger partial charge in [0.25, 0.3) is 0 Å². The minimum atomic E-state index is -0.614. The number of rotatable bonds is 6. The first-order chi connectivity index (χ1) is 15.6. The van der Waals surface area contributed by atoms with Crippen LogP contribution < -0.4 is 15.5 Å². The van der Waals surface area contributed by atoms with Crippen molar-refractivity contribution in [2.24, 2.45) is 0 Å². The molecule has 32 heavy (non-hydrogen) atoms. The van der Waals surface area contributed by atoms with Gasteiger partial charge >= 0.3 is 11.8 Å². The predicted octanol–water partition coefficient (Wildman–Crippen LogP) is 2.85. The summed E-state index contributed by atoms with van der Waals surface area (Å²) in [6, 6.07) is 10.4. The van der Waals surface area contributed by atoms with Crippen LogP contribution in [0.4, 0.5) is 10.1 Å². The first kappa shape index (κ1) is 22.3. The zero-order valence-electron chi connectivity index (χ0n) is 18.3. The number of para-hydroxylation sites is 1. The summed E-state index contributed by atoms with van der Waals surface area (Å²) in [7, 11) is 0. The number of hydrogen-bond acceptors (Lipinski definition) is 5. The van der Waals surface area contributed by atoms with Crippen LogP contribution >= 0.6 is 0 Å². The van der Waals surface area contributed by atoms with Crippen LogP contribution in [0.1, 0.15) is 43.9 Å². The normalized spacial score (nSPS) is 18.8. The third-order valence-electron chi connectivity index (χ3n) is 6.42. The van der Waals surface area contributed by atoms with Gasteiger partial charge < -0.3 is 20.0 Å². The highest BCUT2D eigenvalue weighted by Gasteiger charge is 2.29. The molecule has 1 aromatic heterocycles. The number of carbonyl (C=O) groups is 2. The number of nitrogens with zero attached hydrogens (tertiary/aromatic N) is 2. The Morgan fingerprint density at radius 3 is 2.44 bits per heavy atom. The molecule has 1 aliphatic carbocycles. The molecular weight excluding hydrogens is 411 g/mol. The zero-order chi connectivity index (χ0) is 22.3. The van der Waals surface area contributed by atoms with E-state index in [4.69, 9.17) is 4.42 Å². The smallest absolute Gasteiger partial charge is 0.309 e. The van der Waals surface area contributed by atoms with E-state index in [2.05, 4.69) is 15.5 Å². The van der Waals surface area contributed by atoms with Gasteiger partial charge in [0.2, 0.25) is 0 Å². The molecule has 172 valence electrons. The Bertz CT molecular complexity index is 890. The Labute approximate surface area is 187 Å². The molecule has 2 heterocycles. The van der Waals surface area contributed by atoms with Gasteiger partial charge in [-0.1, -0.05) is 31.4 Å². The lowest BCUT2D eigenvalue weighted by Gasteiger charge is -2.39. The van der Waals surface area contributed by atoms with Gasteiger partial charge in [0.15, 0.2) is 0 Å². The maximum atomic E-state index is 14.2. The quantitative estimate of drug-likeness (QED) is 0.673. The number of anilines is 1. The SMILES string of the molecule is O=C(NC[C@@H](c1ccco1)N1CCN(c2ccccc2F)CC1)C(=O)NC1CCCCC1. The van der Waals surface area contributed by atoms with Crippen LogP contribution in [0, 0.1) is 5.82 Å². The van der Waals surface area contributed by atoms with E-state index in [9.17, 15) is 14.0 Å². The number of piperazine rings is 1. The lowest BCUT2D eigenvalue weighted by atomic mass is 9.95. The van der Waals surface area contributed by atoms with Crippen molar-refractivity contribution in [2.75, 3.05) is 37.6 Å². The molecule has 2 fully saturated rings. The van der Waals surface area contributed by atoms with E-state index < -0.39 is 11.8 Å². The lowest BCUT2D eigenvalue weighted by molar-refractivity contribution is -0.139. The number of nitrogens with one attached hydrogen (secondary N) is 2. The van der Waals surface area contributed by atoms with Crippen LogP contribution in [-0.4, -0.2) is 55.5 Å². The molecule has 2 aliphatic rings. The molecule has 1 atom stereocenters. The van der Waals surface area contributed by atoms with Gasteiger partial charge in [-0.05, 0) is 37.1 Å². The molecule has 0 radical (unpaired) electrons. The Kier molecular flexibility index (Phi) is 7.42. The third-order valence-corrected chi connectivity index (χ3v) is 6.42. The second-order valence-electron chi connectivity index (χ2n) is 8.52. The summed E-state index contributed by atoms with van der Waals surface area (Å²) in [4.78, 5) is 29.0. The minimum Gasteiger partial charge on any atom is -0.468 e. The Morgan fingerprint density at radius 2 is 1.75 bits per heavy atom. The molecule has 4 rings (SSSR count). The van der Waals surface area contributed by atoms with Crippen molar-refractivity contribution in [2.45, 2.75) is 44.2 Å². The lowest BCUT2D eigenvalue weighted by Crippen LogP contribution is -2.51. The Balaban J connectivity index is 1.33. The number of halogens is 1. The second-order valence-corrected chi connectivity index (χ2v) is 8.52. The number of furan rings is 1. The summed E-state index contributed by atoms with van der Waals surface area (Å²) in [5.41, 5.74) is 0.606. The number of amides is 2. The molecule has 2 aromatic rings. The molecule has 1 aromatic carbocycles. The average molecular weight is 443 g/mol. The van der Waals surface area contributed by atoms with Crippen molar-refractivity contribution in [1.29, 1.82) is 0 Å². The van der Waals surface area contributed by atoms with E-state index in [1.54, 1.807) is 18.4 Å². The molecule has 2 amide bonds. The van der Waals surface area contributed by atoms with E-state index in [0.717, 1.165) is 31.4 Å². The van der Waals surface area contributed by atoms with Crippen LogP contribution in [0.3, 0.4) is 0 Å². The van der Waals surface area contributed by atoms with Crippen LogP contribution in [-0.2, 0) is 9.59 Å². The highest BCUT2D eigenvalue weighted by Crippen LogP contribution is 2.25. The van der Waals surface area contributed by atoms with Gasteiger partial charge in [-0.3, -0.25) is 14.5 Å². The molecule has 1 saturated carbocycles. The molecule has 8 heteroatoms. The van der Waals surface area contributed by atoms with Crippen LogP contribution in [0.2, 0.25) is 0 Å². The van der Waals surface area contributed by atoms with Crippen molar-refractivity contribution in [3.05, 3.63) is 54.2 Å². The first-order valence-corrected chi connectivity index (χ1v) is 11.5. The van der Waals surface area contributed by atoms with E-state index in [1.165, 1.54) is 12.5 Å². The standard InChI is InChI=1S/C24H31FN4O3/c25-19-9-4-5-10-20(19)28-12-14-29(15-13-28)21(22-11-6-16-32-22)17-26-23(30)24(31)27-18-7-2-1-3-8-18/h4-6,9-11,16,18,21H,1-3,7-8,12-15,17H2,(H,26,30)(H,27,31)/t21-/m0/s1. The molecule has 7 nitrogen and oxygen atoms in total. The van der Waals surface area contributed by atoms with Crippen LogP contribution in [0.5, 0.6) is 0 Å². The minimum absolute atomic E-state index is 0.0920. The molecule has 0 unspecified atom stereocenters. The highest BCUT2D eigenvalue weighted by molar-refractivity contribution is 6.35. The Hall–Kier alpha value is -2.87. The van der Waals surface area contributed by atoms with E-state index >= 15 is 0 Å². The second kappa shape index (κ2) is 10.6. The summed E-state index contributed by atoms with van der Waals surface area (Å²) in [5.74, 6) is -0.673. The van der Waals surface area contributed by atoms with Crippen LogP contribution in [0.25, 0.3) is 0 Å². The maximum Gasteiger partial charge on any atom is 0.309 e. The third kappa shape index (κ3) is 5.48. The topological polar surface area (TPSA) is 77.8 Å². The van der Waals surface area contributed by atoms with Gasteiger partial charge in [-0.15, -0.1) is 0 Å². The van der Waals surface area contributed by atoms with Gasteiger partial charge in [-0.25, -0.2) is 4.39 Å². The van der Waals surface area contributed by atoms with Crippen molar-refractivity contribution in [1.82, 2.24) is 15.5 Å². The fourth-order valence-electron chi connectivity index (χ4n) is 4.64. The fourth-order valence-corrected chi connectivity index (χ4v) is 4.64. The fraction of sp³-hybridized carbons (Fsp3) is 0.500. The molecule has 1 aliphatic heterocycles. The monoisotopic (exact) mass is 442 g/mol. The number of carbonyl (C=O) groups excluding carboxylic acids is 2. The molecule has 0 spiro atoms. The van der Waals surface area contributed by atoms with Crippen molar-refractivity contribution >= 4 is 17.5 Å². The summed E-state index contributed by atoms with van der Waals surface area (Å²) in [5, 5.41) is 5.64. The first-order valence-electron chi connectivity index (χ1n) is 11.5. The summed E-state index contributed by atoms with van der Waals surface area (Å²) in [6.45, 7) is 2.96. The summed E-state index contributed by atoms with van der Waals surface area (Å²) >= 11 is 0. The van der Waals surface area contributed by atoms with Crippen LogP contribution in [0.15, 0.2) is 47.1 Å². The summed E-state index contributed by atoms with van der Waals surface area (Å²) < 4.78 is 19.8. The van der Waals surface area contributed by atoms with Gasteiger partial charge in [0.1, 0.15) is 11.6 Å². The van der Waals surface area contributed by atoms with Crippen molar-refractivity contribution in [3.8, 4) is 0 Å². The van der Waals surface area contributed by atoms with Crippen molar-refractivity contribution in [3.63, 3.8) is 0 Å². The zero-order valence-corrected chi connectivity index (χ0v) is 18.3. The average Bonchev–Trinajstić information content (AvgIpc) is 3.35. The van der Waals surface area contributed by atoms with Gasteiger partial charge in [0, 0.05) is 38.8 Å². The number of benzene rings is 1. The van der Waals surface area contributed by atoms with E-state index in [1.807, 2.05) is 23.1 Å². The van der Waals surface area contributed by atoms with Gasteiger partial charge in [0.05, 0.1) is 18.0 Å². The molecule has 0 bridgehead atoms. The van der Waals surface area contributed by atoms with Gasteiger partial charge in [-0.2, -0.15) is 0 Å². The van der Waals surface area contributed by atoms with E-state index in [-0.39, 0.29) is 24.4 Å². The highest BCUT2D eigenvalue weighted by atomic mass is 19.1. The number of hydrogen-bond donors (Lipinski definition) is 2. The Morgan fingerprint density at radius 1 is 1.00 bits per heavy atom. The molecule has 2 N–H and O–H groups in total. The summed E-state index contributed by atoms with van der Waals surface area (Å²) in [6.07, 6.45) is 6.84. The largest absolute Gasteiger partial charge is 0.468 e. The molecular formula is C24H31FN4O3. The molecule has 1 saturated heterocycles. The van der Waals surface area contributed by atoms with E-state index in [0.29, 0.717) is 31.9 Å². The predicted molar refractivity (Wildman–Crippen MR) is 120 cm³/mol.